The minimum atomic E-state index is 0.0561. The van der Waals surface area contributed by atoms with Crippen molar-refractivity contribution in [3.63, 3.8) is 0 Å². The summed E-state index contributed by atoms with van der Waals surface area (Å²) in [5.74, 6) is 1.34. The van der Waals surface area contributed by atoms with Crippen LogP contribution in [0, 0.1) is 0 Å². The van der Waals surface area contributed by atoms with Crippen molar-refractivity contribution in [1.29, 1.82) is 0 Å². The summed E-state index contributed by atoms with van der Waals surface area (Å²) in [4.78, 5) is 14.0. The predicted octanol–water partition coefficient (Wildman–Crippen LogP) is 1.34. The summed E-state index contributed by atoms with van der Waals surface area (Å²) in [7, 11) is 0. The Kier molecular flexibility index (Phi) is 5.47. The van der Waals surface area contributed by atoms with E-state index in [9.17, 15) is 4.79 Å². The first-order valence-electron chi connectivity index (χ1n) is 5.69. The number of amides is 1. The second-order valence-corrected chi connectivity index (χ2v) is 5.32. The molecule has 88 valence electrons. The molecular weight excluding hydrogens is 208 g/mol. The van der Waals surface area contributed by atoms with Crippen molar-refractivity contribution in [3.8, 4) is 0 Å². The lowest BCUT2D eigenvalue weighted by atomic mass is 10.0. The van der Waals surface area contributed by atoms with Gasteiger partial charge in [0.1, 0.15) is 0 Å². The van der Waals surface area contributed by atoms with Crippen molar-refractivity contribution >= 4 is 17.7 Å². The molecule has 1 rings (SSSR count). The molecule has 1 unspecified atom stereocenters. The van der Waals surface area contributed by atoms with Gasteiger partial charge in [0.15, 0.2) is 0 Å². The third-order valence-electron chi connectivity index (χ3n) is 2.63. The minimum absolute atomic E-state index is 0.0561. The van der Waals surface area contributed by atoms with Gasteiger partial charge in [-0.05, 0) is 19.1 Å². The topological polar surface area (TPSA) is 32.3 Å². The molecule has 0 radical (unpaired) electrons. The summed E-state index contributed by atoms with van der Waals surface area (Å²) in [6.45, 7) is 6.02. The van der Waals surface area contributed by atoms with Crippen LogP contribution in [-0.4, -0.2) is 48.0 Å². The number of nitrogens with zero attached hydrogens (tertiary/aromatic N) is 1. The van der Waals surface area contributed by atoms with Crippen LogP contribution in [0.1, 0.15) is 26.7 Å². The molecule has 1 amide bonds. The maximum absolute atomic E-state index is 12.0. The SMILES string of the molecule is CSCCN1CCCC(NC(C)C)C1=O. The Bertz CT molecular complexity index is 209. The highest BCUT2D eigenvalue weighted by Crippen LogP contribution is 2.12. The van der Waals surface area contributed by atoms with Gasteiger partial charge in [0, 0.05) is 24.9 Å². The quantitative estimate of drug-likeness (QED) is 0.773. The van der Waals surface area contributed by atoms with E-state index in [1.807, 2.05) is 4.90 Å². The Labute approximate surface area is 97.0 Å². The predicted molar refractivity (Wildman–Crippen MR) is 66.3 cm³/mol. The summed E-state index contributed by atoms with van der Waals surface area (Å²) in [6, 6.07) is 0.444. The highest BCUT2D eigenvalue weighted by Gasteiger charge is 2.28. The number of hydrogen-bond donors (Lipinski definition) is 1. The molecule has 3 nitrogen and oxygen atoms in total. The Morgan fingerprint density at radius 3 is 2.93 bits per heavy atom. The Hall–Kier alpha value is -0.220. The van der Waals surface area contributed by atoms with Crippen molar-refractivity contribution in [2.24, 2.45) is 0 Å². The number of carbonyl (C=O) groups is 1. The van der Waals surface area contributed by atoms with Gasteiger partial charge in [-0.15, -0.1) is 0 Å². The van der Waals surface area contributed by atoms with Crippen LogP contribution >= 0.6 is 11.8 Å². The molecule has 1 heterocycles. The molecular formula is C11H22N2OS. The van der Waals surface area contributed by atoms with Gasteiger partial charge in [-0.25, -0.2) is 0 Å². The number of rotatable bonds is 5. The largest absolute Gasteiger partial charge is 0.341 e. The fourth-order valence-corrected chi connectivity index (χ4v) is 2.32. The first-order valence-corrected chi connectivity index (χ1v) is 7.08. The molecule has 1 aliphatic heterocycles. The molecule has 1 fully saturated rings. The van der Waals surface area contributed by atoms with E-state index >= 15 is 0 Å². The van der Waals surface area contributed by atoms with Gasteiger partial charge in [-0.2, -0.15) is 11.8 Å². The van der Waals surface area contributed by atoms with E-state index in [0.717, 1.165) is 31.7 Å². The Balaban J connectivity index is 2.43. The normalized spacial score (nSPS) is 22.5. The van der Waals surface area contributed by atoms with E-state index in [4.69, 9.17) is 0 Å². The average Bonchev–Trinajstić information content (AvgIpc) is 2.19. The molecule has 0 saturated carbocycles. The van der Waals surface area contributed by atoms with E-state index < -0.39 is 0 Å². The molecule has 0 aromatic carbocycles. The van der Waals surface area contributed by atoms with E-state index in [1.54, 1.807) is 11.8 Å². The fraction of sp³-hybridized carbons (Fsp3) is 0.909. The lowest BCUT2D eigenvalue weighted by Gasteiger charge is -2.33. The third-order valence-corrected chi connectivity index (χ3v) is 3.22. The van der Waals surface area contributed by atoms with Gasteiger partial charge in [0.05, 0.1) is 6.04 Å². The van der Waals surface area contributed by atoms with Crippen LogP contribution in [0.15, 0.2) is 0 Å². The third kappa shape index (κ3) is 4.03. The van der Waals surface area contributed by atoms with Gasteiger partial charge in [-0.3, -0.25) is 4.79 Å². The molecule has 15 heavy (non-hydrogen) atoms. The van der Waals surface area contributed by atoms with Crippen LogP contribution in [0.3, 0.4) is 0 Å². The summed E-state index contributed by atoms with van der Waals surface area (Å²) >= 11 is 1.80. The van der Waals surface area contributed by atoms with Crippen molar-refractivity contribution in [2.75, 3.05) is 25.1 Å². The van der Waals surface area contributed by atoms with E-state index in [0.29, 0.717) is 11.9 Å². The smallest absolute Gasteiger partial charge is 0.239 e. The zero-order valence-corrected chi connectivity index (χ0v) is 10.8. The maximum atomic E-state index is 12.0. The van der Waals surface area contributed by atoms with Gasteiger partial charge in [0.2, 0.25) is 5.91 Å². The Morgan fingerprint density at radius 1 is 1.60 bits per heavy atom. The molecule has 1 aliphatic rings. The van der Waals surface area contributed by atoms with Crippen LogP contribution < -0.4 is 5.32 Å². The molecule has 0 aliphatic carbocycles. The molecule has 0 bridgehead atoms. The molecule has 0 aromatic rings. The van der Waals surface area contributed by atoms with Crippen LogP contribution in [-0.2, 0) is 4.79 Å². The standard InChI is InChI=1S/C11H22N2OS/c1-9(2)12-10-5-4-6-13(11(10)14)7-8-15-3/h9-10,12H,4-8H2,1-3H3. The van der Waals surface area contributed by atoms with E-state index in [2.05, 4.69) is 25.4 Å². The molecule has 0 spiro atoms. The van der Waals surface area contributed by atoms with Gasteiger partial charge >= 0.3 is 0 Å². The number of nitrogens with one attached hydrogen (secondary N) is 1. The first kappa shape index (κ1) is 12.8. The molecule has 1 saturated heterocycles. The number of carbonyl (C=O) groups excluding carboxylic acids is 1. The van der Waals surface area contributed by atoms with Gasteiger partial charge < -0.3 is 10.2 Å². The van der Waals surface area contributed by atoms with Gasteiger partial charge in [0.25, 0.3) is 0 Å². The zero-order valence-electron chi connectivity index (χ0n) is 9.95. The van der Waals surface area contributed by atoms with Crippen LogP contribution in [0.2, 0.25) is 0 Å². The number of piperidine rings is 1. The first-order chi connectivity index (χ1) is 7.15. The maximum Gasteiger partial charge on any atom is 0.239 e. The van der Waals surface area contributed by atoms with Crippen LogP contribution in [0.25, 0.3) is 0 Å². The second-order valence-electron chi connectivity index (χ2n) is 4.33. The molecule has 1 atom stereocenters. The monoisotopic (exact) mass is 230 g/mol. The highest BCUT2D eigenvalue weighted by atomic mass is 32.2. The van der Waals surface area contributed by atoms with Crippen molar-refractivity contribution in [3.05, 3.63) is 0 Å². The zero-order chi connectivity index (χ0) is 11.3. The summed E-state index contributed by atoms with van der Waals surface area (Å²) in [5.41, 5.74) is 0. The number of hydrogen-bond acceptors (Lipinski definition) is 3. The lowest BCUT2D eigenvalue weighted by molar-refractivity contribution is -0.135. The van der Waals surface area contributed by atoms with Gasteiger partial charge in [-0.1, -0.05) is 13.8 Å². The second kappa shape index (κ2) is 6.38. The van der Waals surface area contributed by atoms with E-state index in [-0.39, 0.29) is 6.04 Å². The molecule has 0 aromatic heterocycles. The summed E-state index contributed by atoms with van der Waals surface area (Å²) in [5, 5.41) is 3.34. The number of thioether (sulfide) groups is 1. The Morgan fingerprint density at radius 2 is 2.33 bits per heavy atom. The fourth-order valence-electron chi connectivity index (χ4n) is 1.92. The number of likely N-dealkylation sites (tertiary alicyclic amines) is 1. The summed E-state index contributed by atoms with van der Waals surface area (Å²) in [6.07, 6.45) is 4.20. The average molecular weight is 230 g/mol. The van der Waals surface area contributed by atoms with E-state index in [1.165, 1.54) is 0 Å². The van der Waals surface area contributed by atoms with Crippen molar-refractivity contribution < 1.29 is 4.79 Å². The molecule has 4 heteroatoms. The van der Waals surface area contributed by atoms with Crippen LogP contribution in [0.5, 0.6) is 0 Å². The molecule has 1 N–H and O–H groups in total. The lowest BCUT2D eigenvalue weighted by Crippen LogP contribution is -2.52. The van der Waals surface area contributed by atoms with Crippen molar-refractivity contribution in [2.45, 2.75) is 38.8 Å². The summed E-state index contributed by atoms with van der Waals surface area (Å²) < 4.78 is 0. The minimum Gasteiger partial charge on any atom is -0.341 e. The van der Waals surface area contributed by atoms with Crippen molar-refractivity contribution in [1.82, 2.24) is 10.2 Å². The van der Waals surface area contributed by atoms with Crippen LogP contribution in [0.4, 0.5) is 0 Å². The highest BCUT2D eigenvalue weighted by molar-refractivity contribution is 7.98.